The largest absolute Gasteiger partial charge is 0.494 e. The SMILES string of the molecule is CCOc1cccc(CC(CN)c2nc3ccccc3[nH]2)c1. The van der Waals surface area contributed by atoms with Gasteiger partial charge in [0.25, 0.3) is 0 Å². The van der Waals surface area contributed by atoms with Gasteiger partial charge in [0.15, 0.2) is 0 Å². The number of nitrogens with zero attached hydrogens (tertiary/aromatic N) is 1. The Morgan fingerprint density at radius 2 is 2.05 bits per heavy atom. The summed E-state index contributed by atoms with van der Waals surface area (Å²) < 4.78 is 5.56. The molecule has 1 unspecified atom stereocenters. The fourth-order valence-electron chi connectivity index (χ4n) is 2.67. The fraction of sp³-hybridized carbons (Fsp3) is 0.278. The summed E-state index contributed by atoms with van der Waals surface area (Å²) in [5.74, 6) is 2.02. The Labute approximate surface area is 130 Å². The topological polar surface area (TPSA) is 63.9 Å². The molecule has 114 valence electrons. The quantitative estimate of drug-likeness (QED) is 0.733. The number of benzene rings is 2. The van der Waals surface area contributed by atoms with E-state index < -0.39 is 0 Å². The lowest BCUT2D eigenvalue weighted by Gasteiger charge is -2.13. The lowest BCUT2D eigenvalue weighted by Crippen LogP contribution is -2.16. The lowest BCUT2D eigenvalue weighted by atomic mass is 9.98. The van der Waals surface area contributed by atoms with Crippen LogP contribution in [0.3, 0.4) is 0 Å². The monoisotopic (exact) mass is 295 g/mol. The predicted molar refractivity (Wildman–Crippen MR) is 89.2 cm³/mol. The van der Waals surface area contributed by atoms with Crippen LogP contribution >= 0.6 is 0 Å². The minimum absolute atomic E-state index is 0.171. The maximum Gasteiger partial charge on any atom is 0.119 e. The number of hydrogen-bond acceptors (Lipinski definition) is 3. The van der Waals surface area contributed by atoms with Gasteiger partial charge in [-0.05, 0) is 43.2 Å². The van der Waals surface area contributed by atoms with Crippen molar-refractivity contribution in [1.82, 2.24) is 9.97 Å². The van der Waals surface area contributed by atoms with E-state index in [0.717, 1.165) is 29.0 Å². The molecular formula is C18H21N3O. The van der Waals surface area contributed by atoms with E-state index in [1.807, 2.05) is 43.3 Å². The maximum atomic E-state index is 5.98. The Morgan fingerprint density at radius 1 is 1.18 bits per heavy atom. The summed E-state index contributed by atoms with van der Waals surface area (Å²) in [6.45, 7) is 3.22. The van der Waals surface area contributed by atoms with Gasteiger partial charge in [-0.2, -0.15) is 0 Å². The van der Waals surface area contributed by atoms with Crippen LogP contribution in [0.15, 0.2) is 48.5 Å². The van der Waals surface area contributed by atoms with Crippen LogP contribution in [0.4, 0.5) is 0 Å². The number of hydrogen-bond donors (Lipinski definition) is 2. The first-order valence-electron chi connectivity index (χ1n) is 7.66. The zero-order valence-corrected chi connectivity index (χ0v) is 12.8. The van der Waals surface area contributed by atoms with E-state index in [1.165, 1.54) is 5.56 Å². The van der Waals surface area contributed by atoms with Crippen molar-refractivity contribution in [2.45, 2.75) is 19.3 Å². The lowest BCUT2D eigenvalue weighted by molar-refractivity contribution is 0.340. The number of aromatic amines is 1. The average molecular weight is 295 g/mol. The molecule has 0 saturated heterocycles. The number of aromatic nitrogens is 2. The molecule has 0 saturated carbocycles. The van der Waals surface area contributed by atoms with Gasteiger partial charge in [0.2, 0.25) is 0 Å². The molecule has 0 fully saturated rings. The Kier molecular flexibility index (Phi) is 4.39. The highest BCUT2D eigenvalue weighted by Crippen LogP contribution is 2.23. The minimum Gasteiger partial charge on any atom is -0.494 e. The van der Waals surface area contributed by atoms with Gasteiger partial charge in [0.05, 0.1) is 17.6 Å². The molecule has 4 heteroatoms. The van der Waals surface area contributed by atoms with Crippen molar-refractivity contribution in [2.75, 3.05) is 13.2 Å². The highest BCUT2D eigenvalue weighted by atomic mass is 16.5. The fourth-order valence-corrected chi connectivity index (χ4v) is 2.67. The molecule has 0 amide bonds. The van der Waals surface area contributed by atoms with Crippen molar-refractivity contribution < 1.29 is 4.74 Å². The molecule has 4 nitrogen and oxygen atoms in total. The summed E-state index contributed by atoms with van der Waals surface area (Å²) in [7, 11) is 0. The average Bonchev–Trinajstić information content (AvgIpc) is 2.97. The number of ether oxygens (including phenoxy) is 1. The van der Waals surface area contributed by atoms with Crippen LogP contribution in [0.5, 0.6) is 5.75 Å². The number of nitrogens with one attached hydrogen (secondary N) is 1. The van der Waals surface area contributed by atoms with E-state index in [0.29, 0.717) is 13.2 Å². The van der Waals surface area contributed by atoms with E-state index in [2.05, 4.69) is 22.1 Å². The van der Waals surface area contributed by atoms with E-state index in [1.54, 1.807) is 0 Å². The van der Waals surface area contributed by atoms with Crippen LogP contribution in [0.2, 0.25) is 0 Å². The van der Waals surface area contributed by atoms with Crippen molar-refractivity contribution in [2.24, 2.45) is 5.73 Å². The van der Waals surface area contributed by atoms with Gasteiger partial charge >= 0.3 is 0 Å². The summed E-state index contributed by atoms with van der Waals surface area (Å²) in [6.07, 6.45) is 0.844. The summed E-state index contributed by atoms with van der Waals surface area (Å²) >= 11 is 0. The van der Waals surface area contributed by atoms with Crippen molar-refractivity contribution in [1.29, 1.82) is 0 Å². The van der Waals surface area contributed by atoms with Crippen LogP contribution in [0.1, 0.15) is 24.2 Å². The molecule has 1 aromatic heterocycles. The second-order valence-electron chi connectivity index (χ2n) is 5.36. The van der Waals surface area contributed by atoms with Crippen LogP contribution in [-0.4, -0.2) is 23.1 Å². The van der Waals surface area contributed by atoms with Gasteiger partial charge in [-0.25, -0.2) is 4.98 Å². The van der Waals surface area contributed by atoms with E-state index >= 15 is 0 Å². The third-order valence-electron chi connectivity index (χ3n) is 3.77. The molecule has 0 aliphatic carbocycles. The zero-order valence-electron chi connectivity index (χ0n) is 12.8. The highest BCUT2D eigenvalue weighted by molar-refractivity contribution is 5.74. The smallest absolute Gasteiger partial charge is 0.119 e. The first-order chi connectivity index (χ1) is 10.8. The first kappa shape index (κ1) is 14.6. The minimum atomic E-state index is 0.171. The van der Waals surface area contributed by atoms with Gasteiger partial charge in [-0.15, -0.1) is 0 Å². The molecular weight excluding hydrogens is 274 g/mol. The number of rotatable bonds is 6. The second kappa shape index (κ2) is 6.62. The molecule has 1 heterocycles. The predicted octanol–water partition coefficient (Wildman–Crippen LogP) is 3.25. The number of H-pyrrole nitrogens is 1. The molecule has 0 bridgehead atoms. The molecule has 0 aliphatic rings. The number of imidazole rings is 1. The van der Waals surface area contributed by atoms with Gasteiger partial charge in [0, 0.05) is 12.5 Å². The Balaban J connectivity index is 1.83. The van der Waals surface area contributed by atoms with Gasteiger partial charge < -0.3 is 15.5 Å². The summed E-state index contributed by atoms with van der Waals surface area (Å²) in [5, 5.41) is 0. The van der Waals surface area contributed by atoms with Crippen molar-refractivity contribution in [3.8, 4) is 5.75 Å². The molecule has 3 aromatic rings. The molecule has 1 atom stereocenters. The number of para-hydroxylation sites is 2. The maximum absolute atomic E-state index is 5.98. The van der Waals surface area contributed by atoms with Crippen molar-refractivity contribution >= 4 is 11.0 Å². The van der Waals surface area contributed by atoms with Crippen LogP contribution in [-0.2, 0) is 6.42 Å². The zero-order chi connectivity index (χ0) is 15.4. The third kappa shape index (κ3) is 3.12. The van der Waals surface area contributed by atoms with Gasteiger partial charge in [-0.3, -0.25) is 0 Å². The van der Waals surface area contributed by atoms with Gasteiger partial charge in [-0.1, -0.05) is 24.3 Å². The van der Waals surface area contributed by atoms with E-state index in [9.17, 15) is 0 Å². The summed E-state index contributed by atoms with van der Waals surface area (Å²) in [5.41, 5.74) is 9.23. The molecule has 3 rings (SSSR count). The molecule has 3 N–H and O–H groups in total. The van der Waals surface area contributed by atoms with Crippen LogP contribution in [0.25, 0.3) is 11.0 Å². The third-order valence-corrected chi connectivity index (χ3v) is 3.77. The highest BCUT2D eigenvalue weighted by Gasteiger charge is 2.15. The normalized spacial score (nSPS) is 12.5. The first-order valence-corrected chi connectivity index (χ1v) is 7.66. The number of fused-ring (bicyclic) bond motifs is 1. The molecule has 2 aromatic carbocycles. The Hall–Kier alpha value is -2.33. The van der Waals surface area contributed by atoms with Crippen LogP contribution in [0, 0.1) is 0 Å². The summed E-state index contributed by atoms with van der Waals surface area (Å²) in [4.78, 5) is 8.06. The summed E-state index contributed by atoms with van der Waals surface area (Å²) in [6, 6.07) is 16.2. The molecule has 0 radical (unpaired) electrons. The molecule has 22 heavy (non-hydrogen) atoms. The Bertz CT molecular complexity index is 718. The van der Waals surface area contributed by atoms with E-state index in [-0.39, 0.29) is 5.92 Å². The van der Waals surface area contributed by atoms with Crippen molar-refractivity contribution in [3.05, 3.63) is 59.9 Å². The van der Waals surface area contributed by atoms with Gasteiger partial charge in [0.1, 0.15) is 11.6 Å². The Morgan fingerprint density at radius 3 is 2.82 bits per heavy atom. The van der Waals surface area contributed by atoms with Crippen LogP contribution < -0.4 is 10.5 Å². The molecule has 0 aliphatic heterocycles. The number of nitrogens with two attached hydrogens (primary N) is 1. The van der Waals surface area contributed by atoms with Crippen molar-refractivity contribution in [3.63, 3.8) is 0 Å². The molecule has 0 spiro atoms. The van der Waals surface area contributed by atoms with E-state index in [4.69, 9.17) is 10.5 Å². The second-order valence-corrected chi connectivity index (χ2v) is 5.36. The standard InChI is InChI=1S/C18H21N3O/c1-2-22-15-7-5-6-13(11-15)10-14(12-19)18-20-16-8-3-4-9-17(16)21-18/h3-9,11,14H,2,10,12,19H2,1H3,(H,20,21).